The van der Waals surface area contributed by atoms with Crippen molar-refractivity contribution in [2.24, 2.45) is 5.73 Å². The molecule has 6 rings (SSSR count). The Bertz CT molecular complexity index is 1910. The number of hydrogen-bond donors (Lipinski definition) is 2. The molecule has 0 spiro atoms. The monoisotopic (exact) mass is 661 g/mol. The molecule has 1 aliphatic heterocycles. The van der Waals surface area contributed by atoms with E-state index in [2.05, 4.69) is 25.0 Å². The minimum absolute atomic E-state index is 0.158. The summed E-state index contributed by atoms with van der Waals surface area (Å²) >= 11 is 11.8. The van der Waals surface area contributed by atoms with Crippen LogP contribution in [0.4, 0.5) is 4.79 Å². The fourth-order valence-corrected chi connectivity index (χ4v) is 4.96. The average Bonchev–Trinajstić information content (AvgIpc) is 3.49. The molecular weight excluding hydrogens is 629 g/mol. The molecule has 1 amide bonds. The summed E-state index contributed by atoms with van der Waals surface area (Å²) < 4.78 is 13.1. The highest BCUT2D eigenvalue weighted by Crippen LogP contribution is 2.23. The van der Waals surface area contributed by atoms with Crippen LogP contribution in [0, 0.1) is 5.41 Å². The molecule has 3 N–H and O–H groups in total. The van der Waals surface area contributed by atoms with Gasteiger partial charge in [0.15, 0.2) is 0 Å². The number of rotatable bonds is 5. The van der Waals surface area contributed by atoms with E-state index in [4.69, 9.17) is 43.8 Å². The fourth-order valence-electron chi connectivity index (χ4n) is 4.65. The topological polar surface area (TPSA) is 158 Å². The van der Waals surface area contributed by atoms with E-state index in [1.807, 2.05) is 43.8 Å². The molecule has 238 valence electrons. The lowest BCUT2D eigenvalue weighted by atomic mass is 10.1. The second-order valence-corrected chi connectivity index (χ2v) is 12.2. The Kier molecular flexibility index (Phi) is 10.1. The van der Waals surface area contributed by atoms with Crippen molar-refractivity contribution in [2.45, 2.75) is 39.0 Å². The Balaban J connectivity index is 0.000000219. The zero-order valence-electron chi connectivity index (χ0n) is 25.5. The predicted octanol–water partition coefficient (Wildman–Crippen LogP) is 6.01. The van der Waals surface area contributed by atoms with Crippen LogP contribution in [0.3, 0.4) is 0 Å². The molecule has 5 aromatic heterocycles. The number of morpholine rings is 1. The summed E-state index contributed by atoms with van der Waals surface area (Å²) in [5, 5.41) is 12.5. The van der Waals surface area contributed by atoms with Gasteiger partial charge in [-0.1, -0.05) is 23.2 Å². The van der Waals surface area contributed by atoms with Crippen LogP contribution in [0.2, 0.25) is 10.3 Å². The summed E-state index contributed by atoms with van der Waals surface area (Å²) in [4.78, 5) is 31.1. The van der Waals surface area contributed by atoms with Crippen molar-refractivity contribution in [1.82, 2.24) is 34.6 Å². The number of carbonyl (C=O) groups is 1. The van der Waals surface area contributed by atoms with E-state index in [0.29, 0.717) is 47.6 Å². The van der Waals surface area contributed by atoms with E-state index < -0.39 is 5.60 Å². The highest BCUT2D eigenvalue weighted by atomic mass is 35.5. The van der Waals surface area contributed by atoms with Crippen LogP contribution in [0.25, 0.3) is 38.8 Å². The first kappa shape index (κ1) is 32.7. The van der Waals surface area contributed by atoms with Crippen LogP contribution in [-0.4, -0.2) is 78.3 Å². The van der Waals surface area contributed by atoms with Gasteiger partial charge in [0.05, 0.1) is 54.1 Å². The number of aromatic nitrogens is 6. The predicted molar refractivity (Wildman–Crippen MR) is 179 cm³/mol. The summed E-state index contributed by atoms with van der Waals surface area (Å²) in [7, 11) is 0. The zero-order chi connectivity index (χ0) is 32.8. The summed E-state index contributed by atoms with van der Waals surface area (Å²) in [6, 6.07) is 10.8. The molecule has 5 aromatic rings. The molecule has 0 radical (unpaired) electrons. The number of allylic oxidation sites excluding steroid dienone is 1. The summed E-state index contributed by atoms with van der Waals surface area (Å²) in [6.07, 6.45) is 9.22. The molecule has 1 fully saturated rings. The highest BCUT2D eigenvalue weighted by Gasteiger charge is 2.28. The number of fused-ring (bicyclic) bond motifs is 2. The van der Waals surface area contributed by atoms with Gasteiger partial charge in [-0.15, -0.1) is 0 Å². The maximum Gasteiger partial charge on any atom is 0.410 e. The second kappa shape index (κ2) is 14.2. The van der Waals surface area contributed by atoms with Crippen molar-refractivity contribution in [3.63, 3.8) is 0 Å². The van der Waals surface area contributed by atoms with E-state index in [0.717, 1.165) is 33.2 Å². The SMILES string of the molecule is CC(C)(C)OC(=O)N1CCOC(Cn2cc(-c3cnc4ccc(Cl)nc4c3)cn2)C1.N=C/C(=C\N)c1cnc2ccc(Cl)nc2c1. The van der Waals surface area contributed by atoms with E-state index >= 15 is 0 Å². The van der Waals surface area contributed by atoms with Gasteiger partial charge in [0.25, 0.3) is 0 Å². The van der Waals surface area contributed by atoms with Crippen molar-refractivity contribution >= 4 is 63.1 Å². The van der Waals surface area contributed by atoms with Crippen LogP contribution in [0.5, 0.6) is 0 Å². The van der Waals surface area contributed by atoms with Gasteiger partial charge < -0.3 is 25.5 Å². The summed E-state index contributed by atoms with van der Waals surface area (Å²) in [5.74, 6) is 0. The molecule has 1 aliphatic rings. The Morgan fingerprint density at radius 1 is 1.02 bits per heavy atom. The van der Waals surface area contributed by atoms with Crippen molar-refractivity contribution in [1.29, 1.82) is 5.41 Å². The average molecular weight is 663 g/mol. The van der Waals surface area contributed by atoms with Crippen molar-refractivity contribution in [3.8, 4) is 11.1 Å². The van der Waals surface area contributed by atoms with Gasteiger partial charge in [0, 0.05) is 59.8 Å². The van der Waals surface area contributed by atoms with Crippen LogP contribution >= 0.6 is 23.2 Å². The summed E-state index contributed by atoms with van der Waals surface area (Å²) in [6.45, 7) is 7.57. The Morgan fingerprint density at radius 3 is 2.35 bits per heavy atom. The van der Waals surface area contributed by atoms with Crippen molar-refractivity contribution in [3.05, 3.63) is 83.3 Å². The van der Waals surface area contributed by atoms with Crippen LogP contribution in [0.15, 0.2) is 67.4 Å². The number of nitrogens with one attached hydrogen (secondary N) is 1. The maximum atomic E-state index is 12.3. The van der Waals surface area contributed by atoms with Gasteiger partial charge >= 0.3 is 6.09 Å². The van der Waals surface area contributed by atoms with E-state index in [-0.39, 0.29) is 12.2 Å². The number of carbonyl (C=O) groups excluding carboxylic acids is 1. The van der Waals surface area contributed by atoms with Crippen LogP contribution in [-0.2, 0) is 16.0 Å². The van der Waals surface area contributed by atoms with Gasteiger partial charge in [-0.25, -0.2) is 14.8 Å². The molecule has 0 bridgehead atoms. The molecule has 0 aliphatic carbocycles. The van der Waals surface area contributed by atoms with Gasteiger partial charge in [-0.3, -0.25) is 14.6 Å². The first-order chi connectivity index (χ1) is 22.0. The Hall–Kier alpha value is -4.65. The smallest absolute Gasteiger partial charge is 0.410 e. The molecule has 1 unspecified atom stereocenters. The lowest BCUT2D eigenvalue weighted by Gasteiger charge is -2.34. The number of hydrogen-bond acceptors (Lipinski definition) is 10. The molecule has 14 heteroatoms. The fraction of sp³-hybridized carbons (Fsp3) is 0.281. The number of halogens is 2. The zero-order valence-corrected chi connectivity index (χ0v) is 27.0. The first-order valence-corrected chi connectivity index (χ1v) is 15.2. The molecule has 46 heavy (non-hydrogen) atoms. The first-order valence-electron chi connectivity index (χ1n) is 14.4. The highest BCUT2D eigenvalue weighted by molar-refractivity contribution is 6.30. The minimum atomic E-state index is -0.519. The van der Waals surface area contributed by atoms with Crippen molar-refractivity contribution < 1.29 is 14.3 Å². The Labute approximate surface area is 275 Å². The quantitative estimate of drug-likeness (QED) is 0.170. The van der Waals surface area contributed by atoms with Crippen LogP contribution < -0.4 is 5.73 Å². The lowest BCUT2D eigenvalue weighted by molar-refractivity contribution is -0.0483. The standard InChI is InChI=1S/C21H24ClN5O3.C11H9ClN4/c1-21(2,3)30-20(28)26-6-7-29-16(12-26)13-27-11-15(10-24-27)14-8-18-17(23-9-14)4-5-19(22)25-18;12-11-2-1-9-10(16-11)3-7(6-15-9)8(4-13)5-14/h4-5,8-11,16H,6-7,12-13H2,1-3H3;1-6,13H,14H2/b;8-5+,13-4?. The normalized spacial score (nSPS) is 15.4. The molecule has 0 aromatic carbocycles. The van der Waals surface area contributed by atoms with E-state index in [1.165, 1.54) is 12.4 Å². The second-order valence-electron chi connectivity index (χ2n) is 11.4. The van der Waals surface area contributed by atoms with Gasteiger partial charge in [0.1, 0.15) is 15.9 Å². The maximum absolute atomic E-state index is 12.3. The van der Waals surface area contributed by atoms with Crippen molar-refractivity contribution in [2.75, 3.05) is 19.7 Å². The number of amides is 1. The number of ether oxygens (including phenoxy) is 2. The molecule has 0 saturated carbocycles. The summed E-state index contributed by atoms with van der Waals surface area (Å²) in [5.41, 5.74) is 11.0. The van der Waals surface area contributed by atoms with Gasteiger partial charge in [-0.2, -0.15) is 5.10 Å². The molecule has 6 heterocycles. The number of nitrogens with zero attached hydrogens (tertiary/aromatic N) is 7. The molecular formula is C32H33Cl2N9O3. The number of nitrogens with two attached hydrogens (primary N) is 1. The van der Waals surface area contributed by atoms with E-state index in [9.17, 15) is 4.79 Å². The third-order valence-corrected chi connectivity index (χ3v) is 7.24. The third kappa shape index (κ3) is 8.33. The minimum Gasteiger partial charge on any atom is -0.444 e. The van der Waals surface area contributed by atoms with E-state index in [1.54, 1.807) is 47.8 Å². The third-order valence-electron chi connectivity index (χ3n) is 6.82. The largest absolute Gasteiger partial charge is 0.444 e. The molecule has 1 atom stereocenters. The number of pyridine rings is 4. The van der Waals surface area contributed by atoms with Gasteiger partial charge in [0.2, 0.25) is 0 Å². The molecule has 12 nitrogen and oxygen atoms in total. The Morgan fingerprint density at radius 2 is 1.70 bits per heavy atom. The molecule has 1 saturated heterocycles. The van der Waals surface area contributed by atoms with Crippen LogP contribution in [0.1, 0.15) is 26.3 Å². The van der Waals surface area contributed by atoms with Gasteiger partial charge in [-0.05, 0) is 57.2 Å². The lowest BCUT2D eigenvalue weighted by Crippen LogP contribution is -2.48.